The second-order valence-electron chi connectivity index (χ2n) is 4.05. The quantitative estimate of drug-likeness (QED) is 0.791. The normalized spacial score (nSPS) is 21.1. The molecule has 1 atom stereocenters. The second kappa shape index (κ2) is 4.92. The van der Waals surface area contributed by atoms with E-state index in [1.54, 1.807) is 6.20 Å². The molecule has 2 rings (SSSR count). The van der Waals surface area contributed by atoms with Crippen LogP contribution in [0.15, 0.2) is 18.3 Å². The summed E-state index contributed by atoms with van der Waals surface area (Å²) in [5.74, 6) is 0. The van der Waals surface area contributed by atoms with Crippen LogP contribution < -0.4 is 5.32 Å². The van der Waals surface area contributed by atoms with Crippen molar-refractivity contribution in [3.8, 4) is 0 Å². The maximum atomic E-state index is 5.85. The van der Waals surface area contributed by atoms with Gasteiger partial charge in [-0.15, -0.1) is 0 Å². The SMILES string of the molecule is CN(Cc1ccnc(Cl)c1)C1CCNC1. The van der Waals surface area contributed by atoms with Crippen LogP contribution in [0.5, 0.6) is 0 Å². The molecule has 0 saturated carbocycles. The van der Waals surface area contributed by atoms with E-state index < -0.39 is 0 Å². The average Bonchev–Trinajstić information content (AvgIpc) is 2.70. The Kier molecular flexibility index (Phi) is 3.57. The Balaban J connectivity index is 1.95. The molecular weight excluding hydrogens is 210 g/mol. The minimum atomic E-state index is 0.574. The van der Waals surface area contributed by atoms with Crippen molar-refractivity contribution in [2.75, 3.05) is 20.1 Å². The first kappa shape index (κ1) is 10.9. The molecule has 82 valence electrons. The summed E-state index contributed by atoms with van der Waals surface area (Å²) in [4.78, 5) is 6.35. The monoisotopic (exact) mass is 225 g/mol. The van der Waals surface area contributed by atoms with Gasteiger partial charge < -0.3 is 5.32 Å². The largest absolute Gasteiger partial charge is 0.315 e. The van der Waals surface area contributed by atoms with Crippen LogP contribution >= 0.6 is 11.6 Å². The van der Waals surface area contributed by atoms with Crippen molar-refractivity contribution in [1.29, 1.82) is 0 Å². The van der Waals surface area contributed by atoms with Gasteiger partial charge in [-0.05, 0) is 37.7 Å². The highest BCUT2D eigenvalue weighted by Gasteiger charge is 2.18. The second-order valence-corrected chi connectivity index (χ2v) is 4.44. The van der Waals surface area contributed by atoms with Crippen molar-refractivity contribution >= 4 is 11.6 Å². The van der Waals surface area contributed by atoms with Crippen molar-refractivity contribution in [3.05, 3.63) is 29.0 Å². The summed E-state index contributed by atoms with van der Waals surface area (Å²) in [6.45, 7) is 3.16. The van der Waals surface area contributed by atoms with Crippen LogP contribution in [0.25, 0.3) is 0 Å². The lowest BCUT2D eigenvalue weighted by molar-refractivity contribution is 0.249. The van der Waals surface area contributed by atoms with E-state index in [0.29, 0.717) is 11.2 Å². The maximum Gasteiger partial charge on any atom is 0.129 e. The van der Waals surface area contributed by atoms with Crippen molar-refractivity contribution in [3.63, 3.8) is 0 Å². The van der Waals surface area contributed by atoms with Crippen molar-refractivity contribution in [2.24, 2.45) is 0 Å². The highest BCUT2D eigenvalue weighted by molar-refractivity contribution is 6.29. The van der Waals surface area contributed by atoms with Gasteiger partial charge in [0.05, 0.1) is 0 Å². The van der Waals surface area contributed by atoms with E-state index in [1.165, 1.54) is 12.0 Å². The minimum Gasteiger partial charge on any atom is -0.315 e. The van der Waals surface area contributed by atoms with Gasteiger partial charge >= 0.3 is 0 Å². The third-order valence-electron chi connectivity index (χ3n) is 2.88. The number of rotatable bonds is 3. The molecule has 1 N–H and O–H groups in total. The van der Waals surface area contributed by atoms with Crippen LogP contribution in [0.2, 0.25) is 5.15 Å². The highest BCUT2D eigenvalue weighted by atomic mass is 35.5. The lowest BCUT2D eigenvalue weighted by atomic mass is 10.2. The Morgan fingerprint density at radius 2 is 2.53 bits per heavy atom. The number of pyridine rings is 1. The first-order chi connectivity index (χ1) is 7.25. The molecule has 1 aliphatic rings. The molecule has 1 aromatic heterocycles. The van der Waals surface area contributed by atoms with E-state index in [9.17, 15) is 0 Å². The molecule has 3 nitrogen and oxygen atoms in total. The zero-order valence-electron chi connectivity index (χ0n) is 8.91. The van der Waals surface area contributed by atoms with Crippen molar-refractivity contribution in [1.82, 2.24) is 15.2 Å². The summed E-state index contributed by atoms with van der Waals surface area (Å²) < 4.78 is 0. The van der Waals surface area contributed by atoms with Gasteiger partial charge in [0.1, 0.15) is 5.15 Å². The summed E-state index contributed by atoms with van der Waals surface area (Å²) in [5.41, 5.74) is 1.23. The van der Waals surface area contributed by atoms with Crippen LogP contribution in [-0.4, -0.2) is 36.1 Å². The summed E-state index contributed by atoms with van der Waals surface area (Å²) in [6.07, 6.45) is 2.99. The van der Waals surface area contributed by atoms with Gasteiger partial charge in [-0.3, -0.25) is 4.90 Å². The Hall–Kier alpha value is -0.640. The van der Waals surface area contributed by atoms with Crippen LogP contribution in [0.1, 0.15) is 12.0 Å². The molecule has 0 bridgehead atoms. The van der Waals surface area contributed by atoms with Gasteiger partial charge in [-0.25, -0.2) is 4.98 Å². The lowest BCUT2D eigenvalue weighted by Crippen LogP contribution is -2.32. The Morgan fingerprint density at radius 3 is 3.20 bits per heavy atom. The highest BCUT2D eigenvalue weighted by Crippen LogP contribution is 2.13. The van der Waals surface area contributed by atoms with E-state index in [2.05, 4.69) is 22.2 Å². The van der Waals surface area contributed by atoms with Crippen molar-refractivity contribution in [2.45, 2.75) is 19.0 Å². The molecule has 0 aromatic carbocycles. The van der Waals surface area contributed by atoms with E-state index in [4.69, 9.17) is 11.6 Å². The molecule has 0 aliphatic carbocycles. The Bertz CT molecular complexity index is 323. The average molecular weight is 226 g/mol. The minimum absolute atomic E-state index is 0.574. The third-order valence-corrected chi connectivity index (χ3v) is 3.09. The number of nitrogens with one attached hydrogen (secondary N) is 1. The first-order valence-corrected chi connectivity index (χ1v) is 5.65. The van der Waals surface area contributed by atoms with Gasteiger partial charge in [0.2, 0.25) is 0 Å². The van der Waals surface area contributed by atoms with Gasteiger partial charge in [0.25, 0.3) is 0 Å². The molecule has 2 heterocycles. The van der Waals surface area contributed by atoms with E-state index in [-0.39, 0.29) is 0 Å². The third kappa shape index (κ3) is 2.91. The topological polar surface area (TPSA) is 28.2 Å². The Labute approximate surface area is 95.4 Å². The number of hydrogen-bond acceptors (Lipinski definition) is 3. The number of halogens is 1. The molecular formula is C11H16ClN3. The predicted octanol–water partition coefficient (Wildman–Crippen LogP) is 1.53. The van der Waals surface area contributed by atoms with E-state index >= 15 is 0 Å². The van der Waals surface area contributed by atoms with E-state index in [1.807, 2.05) is 12.1 Å². The Morgan fingerprint density at radius 1 is 1.67 bits per heavy atom. The molecule has 4 heteroatoms. The standard InChI is InChI=1S/C11H16ClN3/c1-15(10-3-4-13-7-10)8-9-2-5-14-11(12)6-9/h2,5-6,10,13H,3-4,7-8H2,1H3. The number of hydrogen-bond donors (Lipinski definition) is 1. The van der Waals surface area contributed by atoms with Crippen LogP contribution in [0, 0.1) is 0 Å². The maximum absolute atomic E-state index is 5.85. The first-order valence-electron chi connectivity index (χ1n) is 5.27. The lowest BCUT2D eigenvalue weighted by Gasteiger charge is -2.23. The number of likely N-dealkylation sites (N-methyl/N-ethyl adjacent to an activating group) is 1. The van der Waals surface area contributed by atoms with Crippen molar-refractivity contribution < 1.29 is 0 Å². The number of nitrogens with zero attached hydrogens (tertiary/aromatic N) is 2. The zero-order valence-corrected chi connectivity index (χ0v) is 9.67. The van der Waals surface area contributed by atoms with E-state index in [0.717, 1.165) is 19.6 Å². The van der Waals surface area contributed by atoms with Gasteiger partial charge in [-0.2, -0.15) is 0 Å². The van der Waals surface area contributed by atoms with Crippen LogP contribution in [-0.2, 0) is 6.54 Å². The predicted molar refractivity (Wildman–Crippen MR) is 62.0 cm³/mol. The molecule has 1 aromatic rings. The fourth-order valence-electron chi connectivity index (χ4n) is 1.97. The summed E-state index contributed by atoms with van der Waals surface area (Å²) in [5, 5.41) is 3.94. The molecule has 0 spiro atoms. The van der Waals surface area contributed by atoms with Crippen LogP contribution in [0.3, 0.4) is 0 Å². The molecule has 0 amide bonds. The van der Waals surface area contributed by atoms with Gasteiger partial charge in [0, 0.05) is 25.3 Å². The molecule has 1 saturated heterocycles. The zero-order chi connectivity index (χ0) is 10.7. The summed E-state index contributed by atoms with van der Waals surface area (Å²) in [7, 11) is 2.16. The molecule has 0 radical (unpaired) electrons. The van der Waals surface area contributed by atoms with Gasteiger partial charge in [0.15, 0.2) is 0 Å². The molecule has 1 aliphatic heterocycles. The number of aromatic nitrogens is 1. The molecule has 15 heavy (non-hydrogen) atoms. The summed E-state index contributed by atoms with van der Waals surface area (Å²) in [6, 6.07) is 4.60. The fraction of sp³-hybridized carbons (Fsp3) is 0.545. The molecule has 1 fully saturated rings. The van der Waals surface area contributed by atoms with Crippen LogP contribution in [0.4, 0.5) is 0 Å². The fourth-order valence-corrected chi connectivity index (χ4v) is 2.17. The smallest absolute Gasteiger partial charge is 0.129 e. The molecule has 1 unspecified atom stereocenters. The summed E-state index contributed by atoms with van der Waals surface area (Å²) >= 11 is 5.85. The van der Waals surface area contributed by atoms with Gasteiger partial charge in [-0.1, -0.05) is 11.6 Å².